The van der Waals surface area contributed by atoms with Gasteiger partial charge in [-0.1, -0.05) is 42.5 Å². The van der Waals surface area contributed by atoms with Crippen molar-refractivity contribution in [2.75, 3.05) is 0 Å². The SMILES string of the molecule is O=C(NCc1cccc(F)c1)[C@H]1C[C@@H]1c1ccccc1. The van der Waals surface area contributed by atoms with Crippen LogP contribution in [0, 0.1) is 11.7 Å². The van der Waals surface area contributed by atoms with Gasteiger partial charge >= 0.3 is 0 Å². The summed E-state index contributed by atoms with van der Waals surface area (Å²) in [6.07, 6.45) is 0.902. The van der Waals surface area contributed by atoms with Gasteiger partial charge in [-0.05, 0) is 35.6 Å². The predicted molar refractivity (Wildman–Crippen MR) is 75.5 cm³/mol. The molecule has 0 aliphatic heterocycles. The molecular formula is C17H16FNO. The highest BCUT2D eigenvalue weighted by Gasteiger charge is 2.43. The normalized spacial score (nSPS) is 20.4. The second-order valence-corrected chi connectivity index (χ2v) is 5.21. The number of benzene rings is 2. The Morgan fingerprint density at radius 3 is 2.70 bits per heavy atom. The molecule has 2 aromatic carbocycles. The minimum atomic E-state index is -0.273. The number of carbonyl (C=O) groups is 1. The zero-order chi connectivity index (χ0) is 13.9. The van der Waals surface area contributed by atoms with Gasteiger partial charge in [0.25, 0.3) is 0 Å². The molecular weight excluding hydrogens is 253 g/mol. The standard InChI is InChI=1S/C17H16FNO/c18-14-8-4-5-12(9-14)11-19-17(20)16-10-15(16)13-6-2-1-3-7-13/h1-9,15-16H,10-11H2,(H,19,20)/t15-,16+/m1/s1. The number of amides is 1. The summed E-state index contributed by atoms with van der Waals surface area (Å²) >= 11 is 0. The van der Waals surface area contributed by atoms with E-state index < -0.39 is 0 Å². The van der Waals surface area contributed by atoms with E-state index in [0.29, 0.717) is 12.5 Å². The third-order valence-corrected chi connectivity index (χ3v) is 3.71. The first-order valence-electron chi connectivity index (χ1n) is 6.81. The highest BCUT2D eigenvalue weighted by atomic mass is 19.1. The maximum Gasteiger partial charge on any atom is 0.224 e. The quantitative estimate of drug-likeness (QED) is 0.907. The molecule has 0 aromatic heterocycles. The van der Waals surface area contributed by atoms with Gasteiger partial charge in [0.15, 0.2) is 0 Å². The molecule has 1 N–H and O–H groups in total. The van der Waals surface area contributed by atoms with E-state index in [1.165, 1.54) is 17.7 Å². The topological polar surface area (TPSA) is 29.1 Å². The van der Waals surface area contributed by atoms with Crippen molar-refractivity contribution in [3.8, 4) is 0 Å². The first-order valence-corrected chi connectivity index (χ1v) is 6.81. The average molecular weight is 269 g/mol. The molecule has 2 nitrogen and oxygen atoms in total. The van der Waals surface area contributed by atoms with Gasteiger partial charge in [-0.2, -0.15) is 0 Å². The fraction of sp³-hybridized carbons (Fsp3) is 0.235. The second-order valence-electron chi connectivity index (χ2n) is 5.21. The third kappa shape index (κ3) is 2.87. The van der Waals surface area contributed by atoms with E-state index in [9.17, 15) is 9.18 Å². The van der Waals surface area contributed by atoms with Crippen molar-refractivity contribution in [3.63, 3.8) is 0 Å². The van der Waals surface area contributed by atoms with Crippen molar-refractivity contribution in [2.45, 2.75) is 18.9 Å². The lowest BCUT2D eigenvalue weighted by Crippen LogP contribution is -2.24. The molecule has 2 atom stereocenters. The largest absolute Gasteiger partial charge is 0.352 e. The Balaban J connectivity index is 1.54. The highest BCUT2D eigenvalue weighted by Crippen LogP contribution is 2.47. The Hall–Kier alpha value is -2.16. The summed E-state index contributed by atoms with van der Waals surface area (Å²) in [7, 11) is 0. The van der Waals surface area contributed by atoms with Crippen LogP contribution in [0.15, 0.2) is 54.6 Å². The summed E-state index contributed by atoms with van der Waals surface area (Å²) in [6.45, 7) is 0.384. The molecule has 2 aromatic rings. The van der Waals surface area contributed by atoms with E-state index in [0.717, 1.165) is 12.0 Å². The Morgan fingerprint density at radius 2 is 1.95 bits per heavy atom. The van der Waals surface area contributed by atoms with E-state index in [4.69, 9.17) is 0 Å². The smallest absolute Gasteiger partial charge is 0.224 e. The first-order chi connectivity index (χ1) is 9.74. The van der Waals surface area contributed by atoms with Crippen molar-refractivity contribution < 1.29 is 9.18 Å². The van der Waals surface area contributed by atoms with E-state index >= 15 is 0 Å². The second kappa shape index (κ2) is 5.45. The monoisotopic (exact) mass is 269 g/mol. The van der Waals surface area contributed by atoms with Gasteiger partial charge in [-0.3, -0.25) is 4.79 Å². The highest BCUT2D eigenvalue weighted by molar-refractivity contribution is 5.82. The maximum atomic E-state index is 13.0. The van der Waals surface area contributed by atoms with Crippen LogP contribution in [0.4, 0.5) is 4.39 Å². The van der Waals surface area contributed by atoms with Crippen LogP contribution in [0.5, 0.6) is 0 Å². The lowest BCUT2D eigenvalue weighted by atomic mass is 10.1. The Labute approximate surface area is 117 Å². The third-order valence-electron chi connectivity index (χ3n) is 3.71. The van der Waals surface area contributed by atoms with Gasteiger partial charge in [-0.15, -0.1) is 0 Å². The summed E-state index contributed by atoms with van der Waals surface area (Å²) < 4.78 is 13.0. The van der Waals surface area contributed by atoms with Crippen molar-refractivity contribution in [3.05, 3.63) is 71.5 Å². The minimum Gasteiger partial charge on any atom is -0.352 e. The van der Waals surface area contributed by atoms with E-state index in [2.05, 4.69) is 17.4 Å². The maximum absolute atomic E-state index is 13.0. The Morgan fingerprint density at radius 1 is 1.15 bits per heavy atom. The van der Waals surface area contributed by atoms with Crippen LogP contribution in [0.3, 0.4) is 0 Å². The minimum absolute atomic E-state index is 0.0584. The number of carbonyl (C=O) groups excluding carboxylic acids is 1. The van der Waals surface area contributed by atoms with Gasteiger partial charge < -0.3 is 5.32 Å². The molecule has 3 heteroatoms. The van der Waals surface area contributed by atoms with E-state index in [1.807, 2.05) is 24.3 Å². The van der Waals surface area contributed by atoms with Gasteiger partial charge in [0.2, 0.25) is 5.91 Å². The predicted octanol–water partition coefficient (Wildman–Crippen LogP) is 3.25. The lowest BCUT2D eigenvalue weighted by Gasteiger charge is -2.05. The number of hydrogen-bond donors (Lipinski definition) is 1. The molecule has 0 saturated heterocycles. The van der Waals surface area contributed by atoms with Gasteiger partial charge in [0, 0.05) is 12.5 Å². The van der Waals surface area contributed by atoms with Crippen LogP contribution in [0.25, 0.3) is 0 Å². The summed E-state index contributed by atoms with van der Waals surface area (Å²) in [4.78, 5) is 12.0. The summed E-state index contributed by atoms with van der Waals surface area (Å²) in [5, 5.41) is 2.88. The lowest BCUT2D eigenvalue weighted by molar-refractivity contribution is -0.122. The molecule has 0 heterocycles. The van der Waals surface area contributed by atoms with Crippen LogP contribution in [0.2, 0.25) is 0 Å². The zero-order valence-corrected chi connectivity index (χ0v) is 11.1. The van der Waals surface area contributed by atoms with Gasteiger partial charge in [0.1, 0.15) is 5.82 Å². The summed E-state index contributed by atoms with van der Waals surface area (Å²) in [5.41, 5.74) is 2.01. The number of nitrogens with one attached hydrogen (secondary N) is 1. The van der Waals surface area contributed by atoms with Crippen LogP contribution in [-0.2, 0) is 11.3 Å². The Kier molecular flexibility index (Phi) is 3.50. The molecule has 0 unspecified atom stereocenters. The van der Waals surface area contributed by atoms with Crippen molar-refractivity contribution in [1.29, 1.82) is 0 Å². The molecule has 1 amide bonds. The molecule has 0 spiro atoms. The molecule has 0 bridgehead atoms. The molecule has 1 aliphatic rings. The van der Waals surface area contributed by atoms with Gasteiger partial charge in [-0.25, -0.2) is 4.39 Å². The molecule has 3 rings (SSSR count). The van der Waals surface area contributed by atoms with Crippen molar-refractivity contribution in [1.82, 2.24) is 5.32 Å². The van der Waals surface area contributed by atoms with Crippen LogP contribution < -0.4 is 5.32 Å². The van der Waals surface area contributed by atoms with Gasteiger partial charge in [0.05, 0.1) is 0 Å². The fourth-order valence-corrected chi connectivity index (χ4v) is 2.52. The molecule has 1 aliphatic carbocycles. The van der Waals surface area contributed by atoms with Crippen molar-refractivity contribution >= 4 is 5.91 Å². The molecule has 1 saturated carbocycles. The van der Waals surface area contributed by atoms with Crippen LogP contribution in [0.1, 0.15) is 23.5 Å². The van der Waals surface area contributed by atoms with Crippen LogP contribution in [-0.4, -0.2) is 5.91 Å². The van der Waals surface area contributed by atoms with E-state index in [1.54, 1.807) is 6.07 Å². The fourth-order valence-electron chi connectivity index (χ4n) is 2.52. The first kappa shape index (κ1) is 12.9. The number of halogens is 1. The zero-order valence-electron chi connectivity index (χ0n) is 11.1. The summed E-state index contributed by atoms with van der Waals surface area (Å²) in [5.74, 6) is 0.183. The Bertz CT molecular complexity index is 611. The molecule has 102 valence electrons. The number of rotatable bonds is 4. The number of hydrogen-bond acceptors (Lipinski definition) is 1. The van der Waals surface area contributed by atoms with Crippen LogP contribution >= 0.6 is 0 Å². The molecule has 0 radical (unpaired) electrons. The molecule has 1 fully saturated rings. The summed E-state index contributed by atoms with van der Waals surface area (Å²) in [6, 6.07) is 16.4. The average Bonchev–Trinajstić information content (AvgIpc) is 3.26. The van der Waals surface area contributed by atoms with Crippen molar-refractivity contribution in [2.24, 2.45) is 5.92 Å². The van der Waals surface area contributed by atoms with E-state index in [-0.39, 0.29) is 17.6 Å². The molecule has 20 heavy (non-hydrogen) atoms.